The number of amides is 1. The normalized spacial score (nSPS) is 25.1. The Morgan fingerprint density at radius 2 is 1.58 bits per heavy atom. The molecule has 1 saturated heterocycles. The number of alkyl halides is 6. The van der Waals surface area contributed by atoms with Crippen LogP contribution in [0.3, 0.4) is 0 Å². The van der Waals surface area contributed by atoms with E-state index in [0.29, 0.717) is 44.4 Å². The molecule has 2 aliphatic rings. The molecule has 0 N–H and O–H groups in total. The van der Waals surface area contributed by atoms with Crippen LogP contribution in [-0.2, 0) is 27.2 Å². The van der Waals surface area contributed by atoms with Crippen LogP contribution in [0.15, 0.2) is 48.5 Å². The first-order valence-corrected chi connectivity index (χ1v) is 12.1. The predicted molar refractivity (Wildman–Crippen MR) is 124 cm³/mol. The van der Waals surface area contributed by atoms with Crippen molar-refractivity contribution in [1.29, 1.82) is 5.26 Å². The summed E-state index contributed by atoms with van der Waals surface area (Å²) in [7, 11) is 0. The zero-order valence-corrected chi connectivity index (χ0v) is 20.5. The number of benzene rings is 2. The average Bonchev–Trinajstić information content (AvgIpc) is 3.33. The highest BCUT2D eigenvalue weighted by Crippen LogP contribution is 2.47. The van der Waals surface area contributed by atoms with Crippen molar-refractivity contribution in [3.05, 3.63) is 70.8 Å². The molecule has 0 radical (unpaired) electrons. The maximum absolute atomic E-state index is 13.3. The molecule has 1 atom stereocenters. The Labute approximate surface area is 215 Å². The van der Waals surface area contributed by atoms with E-state index in [-0.39, 0.29) is 24.8 Å². The summed E-state index contributed by atoms with van der Waals surface area (Å²) in [6.45, 7) is 1.91. The van der Waals surface area contributed by atoms with E-state index in [4.69, 9.17) is 9.47 Å². The highest BCUT2D eigenvalue weighted by atomic mass is 19.4. The highest BCUT2D eigenvalue weighted by Gasteiger charge is 2.50. The van der Waals surface area contributed by atoms with Crippen LogP contribution in [0.5, 0.6) is 0 Å². The molecular formula is C27H26F6N2O3. The molecule has 2 aromatic carbocycles. The standard InChI is InChI=1S/C27H26F6N2O3/c1-18(19-13-21(26(28,29)30)15-22(14-19)27(31,32)33)38-17-24(20-5-3-2-4-6-20)7-9-25(16-34,10-8-24)35-11-12-37-23(35)36/h2-6,13-15,18H,7-12,17H2,1H3/t18-,24?,25?/m1/s1. The second-order valence-electron chi connectivity index (χ2n) is 9.85. The fourth-order valence-corrected chi connectivity index (χ4v) is 5.27. The largest absolute Gasteiger partial charge is 0.447 e. The van der Waals surface area contributed by atoms with Crippen LogP contribution < -0.4 is 0 Å². The smallest absolute Gasteiger partial charge is 0.416 e. The van der Waals surface area contributed by atoms with Gasteiger partial charge in [-0.1, -0.05) is 30.3 Å². The van der Waals surface area contributed by atoms with Gasteiger partial charge in [-0.3, -0.25) is 4.90 Å². The first-order chi connectivity index (χ1) is 17.8. The maximum Gasteiger partial charge on any atom is 0.416 e. The molecule has 1 heterocycles. The van der Waals surface area contributed by atoms with Crippen LogP contribution in [0, 0.1) is 11.3 Å². The minimum atomic E-state index is -4.96. The van der Waals surface area contributed by atoms with Crippen molar-refractivity contribution in [2.45, 2.75) is 62.0 Å². The third kappa shape index (κ3) is 5.46. The summed E-state index contributed by atoms with van der Waals surface area (Å²) in [5, 5.41) is 10.00. The fraction of sp³-hybridized carbons (Fsp3) is 0.481. The summed E-state index contributed by atoms with van der Waals surface area (Å²) in [6.07, 6.45) is -10.1. The molecule has 2 fully saturated rings. The van der Waals surface area contributed by atoms with E-state index in [1.807, 2.05) is 30.3 Å². The lowest BCUT2D eigenvalue weighted by Gasteiger charge is -2.46. The quantitative estimate of drug-likeness (QED) is 0.369. The molecule has 1 amide bonds. The van der Waals surface area contributed by atoms with Crippen LogP contribution in [-0.4, -0.2) is 36.3 Å². The number of carbonyl (C=O) groups is 1. The zero-order chi connectivity index (χ0) is 27.8. The number of ether oxygens (including phenoxy) is 2. The molecule has 0 spiro atoms. The Balaban J connectivity index is 1.60. The Bertz CT molecular complexity index is 1170. The Morgan fingerprint density at radius 3 is 2.05 bits per heavy atom. The molecule has 38 heavy (non-hydrogen) atoms. The molecule has 11 heteroatoms. The SMILES string of the molecule is C[C@@H](OCC1(c2ccccc2)CCC(C#N)(N2CCOC2=O)CC1)c1cc(C(F)(F)F)cc(C(F)(F)F)c1. The number of nitriles is 1. The van der Waals surface area contributed by atoms with Crippen molar-refractivity contribution >= 4 is 6.09 Å². The van der Waals surface area contributed by atoms with E-state index in [1.54, 1.807) is 0 Å². The fourth-order valence-electron chi connectivity index (χ4n) is 5.27. The van der Waals surface area contributed by atoms with Gasteiger partial charge < -0.3 is 9.47 Å². The van der Waals surface area contributed by atoms with Crippen molar-refractivity contribution in [1.82, 2.24) is 4.90 Å². The van der Waals surface area contributed by atoms with Crippen LogP contribution >= 0.6 is 0 Å². The van der Waals surface area contributed by atoms with Crippen LogP contribution in [0.4, 0.5) is 31.1 Å². The van der Waals surface area contributed by atoms with Crippen LogP contribution in [0.1, 0.15) is 61.0 Å². The highest BCUT2D eigenvalue weighted by molar-refractivity contribution is 5.71. The van der Waals surface area contributed by atoms with Gasteiger partial charge in [-0.15, -0.1) is 0 Å². The van der Waals surface area contributed by atoms with E-state index in [0.717, 1.165) is 5.56 Å². The van der Waals surface area contributed by atoms with Crippen LogP contribution in [0.25, 0.3) is 0 Å². The third-order valence-electron chi connectivity index (χ3n) is 7.60. The zero-order valence-electron chi connectivity index (χ0n) is 20.5. The van der Waals surface area contributed by atoms with Gasteiger partial charge in [0.1, 0.15) is 12.1 Å². The molecule has 0 aromatic heterocycles. The molecule has 2 aromatic rings. The van der Waals surface area contributed by atoms with Gasteiger partial charge in [0.05, 0.1) is 36.5 Å². The van der Waals surface area contributed by atoms with Gasteiger partial charge >= 0.3 is 18.4 Å². The second kappa shape index (κ2) is 10.1. The van der Waals surface area contributed by atoms with Gasteiger partial charge in [-0.25, -0.2) is 4.79 Å². The number of nitrogens with zero attached hydrogens (tertiary/aromatic N) is 2. The minimum absolute atomic E-state index is 0.00172. The number of hydrogen-bond donors (Lipinski definition) is 0. The Kier molecular flexibility index (Phi) is 7.40. The molecule has 0 unspecified atom stereocenters. The monoisotopic (exact) mass is 540 g/mol. The molecule has 4 rings (SSSR count). The van der Waals surface area contributed by atoms with Crippen LogP contribution in [0.2, 0.25) is 0 Å². The number of rotatable bonds is 6. The van der Waals surface area contributed by atoms with E-state index >= 15 is 0 Å². The van der Waals surface area contributed by atoms with Gasteiger partial charge in [-0.05, 0) is 61.9 Å². The molecule has 1 saturated carbocycles. The number of hydrogen-bond acceptors (Lipinski definition) is 4. The van der Waals surface area contributed by atoms with Crippen molar-refractivity contribution in [3.63, 3.8) is 0 Å². The summed E-state index contributed by atoms with van der Waals surface area (Å²) in [5.74, 6) is 0. The predicted octanol–water partition coefficient (Wildman–Crippen LogP) is 7.03. The van der Waals surface area contributed by atoms with Crippen molar-refractivity contribution < 1.29 is 40.6 Å². The minimum Gasteiger partial charge on any atom is -0.447 e. The van der Waals surface area contributed by atoms with Gasteiger partial charge in [0.25, 0.3) is 0 Å². The summed E-state index contributed by atoms with van der Waals surface area (Å²) in [6, 6.07) is 13.0. The lowest BCUT2D eigenvalue weighted by molar-refractivity contribution is -0.143. The lowest BCUT2D eigenvalue weighted by Crippen LogP contribution is -2.53. The first kappa shape index (κ1) is 27.8. The number of carbonyl (C=O) groups excluding carboxylic acids is 1. The molecule has 1 aliphatic carbocycles. The molecule has 5 nitrogen and oxygen atoms in total. The maximum atomic E-state index is 13.3. The van der Waals surface area contributed by atoms with E-state index < -0.39 is 46.6 Å². The van der Waals surface area contributed by atoms with Crippen molar-refractivity contribution in [2.75, 3.05) is 19.8 Å². The molecule has 0 bridgehead atoms. The summed E-state index contributed by atoms with van der Waals surface area (Å²) in [5.41, 5.74) is -3.87. The van der Waals surface area contributed by atoms with E-state index in [9.17, 15) is 36.4 Å². The molecule has 204 valence electrons. The average molecular weight is 541 g/mol. The molecular weight excluding hydrogens is 514 g/mol. The van der Waals surface area contributed by atoms with Gasteiger partial charge in [-0.2, -0.15) is 31.6 Å². The van der Waals surface area contributed by atoms with Gasteiger partial charge in [0.2, 0.25) is 0 Å². The Hall–Kier alpha value is -3.26. The first-order valence-electron chi connectivity index (χ1n) is 12.1. The molecule has 1 aliphatic heterocycles. The summed E-state index contributed by atoms with van der Waals surface area (Å²) in [4.78, 5) is 13.6. The van der Waals surface area contributed by atoms with Gasteiger partial charge in [0.15, 0.2) is 0 Å². The number of halogens is 6. The van der Waals surface area contributed by atoms with Gasteiger partial charge in [0, 0.05) is 5.41 Å². The van der Waals surface area contributed by atoms with Crippen molar-refractivity contribution in [3.8, 4) is 6.07 Å². The Morgan fingerprint density at radius 1 is 1.00 bits per heavy atom. The topological polar surface area (TPSA) is 62.6 Å². The summed E-state index contributed by atoms with van der Waals surface area (Å²) >= 11 is 0. The van der Waals surface area contributed by atoms with Crippen molar-refractivity contribution in [2.24, 2.45) is 0 Å². The number of cyclic esters (lactones) is 1. The second-order valence-corrected chi connectivity index (χ2v) is 9.85. The summed E-state index contributed by atoms with van der Waals surface area (Å²) < 4.78 is 91.1. The van der Waals surface area contributed by atoms with E-state index in [1.165, 1.54) is 11.8 Å². The lowest BCUT2D eigenvalue weighted by atomic mass is 9.64. The van der Waals surface area contributed by atoms with E-state index in [2.05, 4.69) is 6.07 Å². The third-order valence-corrected chi connectivity index (χ3v) is 7.60.